The van der Waals surface area contributed by atoms with Gasteiger partial charge in [-0.3, -0.25) is 4.79 Å². The van der Waals surface area contributed by atoms with Crippen LogP contribution >= 0.6 is 15.9 Å². The summed E-state index contributed by atoms with van der Waals surface area (Å²) in [7, 11) is 0. The molecule has 3 rings (SSSR count). The number of hydrogen-bond acceptors (Lipinski definition) is 1. The first kappa shape index (κ1) is 13.4. The number of fused-ring (bicyclic) bond motifs is 1. The van der Waals surface area contributed by atoms with Gasteiger partial charge < -0.3 is 5.32 Å². The van der Waals surface area contributed by atoms with Gasteiger partial charge in [0.2, 0.25) is 0 Å². The van der Waals surface area contributed by atoms with E-state index in [0.29, 0.717) is 5.56 Å². The quantitative estimate of drug-likeness (QED) is 0.863. The zero-order valence-corrected chi connectivity index (χ0v) is 13.0. The molecule has 1 N–H and O–H groups in total. The standard InChI is InChI=1S/C17H16BrNO/c1-11-15(6-3-7-16(11)18)17(20)19-14-9-8-12-4-2-5-13(12)10-14/h3,6-10H,2,4-5H2,1H3,(H,19,20). The van der Waals surface area contributed by atoms with E-state index in [1.165, 1.54) is 17.5 Å². The van der Waals surface area contributed by atoms with Crippen LogP contribution in [0.15, 0.2) is 40.9 Å². The number of rotatable bonds is 2. The van der Waals surface area contributed by atoms with E-state index in [0.717, 1.165) is 28.6 Å². The van der Waals surface area contributed by atoms with Crippen LogP contribution in [0.1, 0.15) is 33.5 Å². The summed E-state index contributed by atoms with van der Waals surface area (Å²) in [5, 5.41) is 3.00. The number of carbonyl (C=O) groups is 1. The Morgan fingerprint density at radius 3 is 2.80 bits per heavy atom. The van der Waals surface area contributed by atoms with Gasteiger partial charge in [-0.05, 0) is 67.1 Å². The first-order chi connectivity index (χ1) is 9.65. The van der Waals surface area contributed by atoms with E-state index in [2.05, 4.69) is 33.4 Å². The number of anilines is 1. The zero-order chi connectivity index (χ0) is 14.1. The topological polar surface area (TPSA) is 29.1 Å². The summed E-state index contributed by atoms with van der Waals surface area (Å²) >= 11 is 3.46. The SMILES string of the molecule is Cc1c(Br)cccc1C(=O)Nc1ccc2c(c1)CCC2. The second-order valence-electron chi connectivity index (χ2n) is 5.20. The molecule has 102 valence electrons. The number of carbonyl (C=O) groups excluding carboxylic acids is 1. The van der Waals surface area contributed by atoms with Crippen LogP contribution in [0.5, 0.6) is 0 Å². The Morgan fingerprint density at radius 1 is 1.15 bits per heavy atom. The number of hydrogen-bond donors (Lipinski definition) is 1. The molecule has 1 aliphatic rings. The average molecular weight is 330 g/mol. The lowest BCUT2D eigenvalue weighted by Gasteiger charge is -2.10. The summed E-state index contributed by atoms with van der Waals surface area (Å²) in [6, 6.07) is 11.9. The summed E-state index contributed by atoms with van der Waals surface area (Å²) < 4.78 is 0.958. The van der Waals surface area contributed by atoms with Gasteiger partial charge in [0.15, 0.2) is 0 Å². The maximum atomic E-state index is 12.4. The number of aryl methyl sites for hydroxylation is 2. The number of halogens is 1. The zero-order valence-electron chi connectivity index (χ0n) is 11.4. The van der Waals surface area contributed by atoms with Crippen molar-refractivity contribution in [2.45, 2.75) is 26.2 Å². The molecule has 0 aliphatic heterocycles. The summed E-state index contributed by atoms with van der Waals surface area (Å²) in [5.74, 6) is -0.0539. The van der Waals surface area contributed by atoms with E-state index >= 15 is 0 Å². The minimum atomic E-state index is -0.0539. The molecule has 1 amide bonds. The fourth-order valence-electron chi connectivity index (χ4n) is 2.70. The molecule has 20 heavy (non-hydrogen) atoms. The van der Waals surface area contributed by atoms with Gasteiger partial charge in [-0.25, -0.2) is 0 Å². The van der Waals surface area contributed by atoms with E-state index in [1.807, 2.05) is 31.2 Å². The van der Waals surface area contributed by atoms with Crippen LogP contribution < -0.4 is 5.32 Å². The number of amides is 1. The summed E-state index contributed by atoms with van der Waals surface area (Å²) in [6.07, 6.45) is 3.50. The molecule has 0 saturated carbocycles. The predicted octanol–water partition coefficient (Wildman–Crippen LogP) is 4.50. The van der Waals surface area contributed by atoms with E-state index in [1.54, 1.807) is 0 Å². The molecule has 0 fully saturated rings. The highest BCUT2D eigenvalue weighted by Crippen LogP contribution is 2.26. The molecule has 0 radical (unpaired) electrons. The molecule has 0 bridgehead atoms. The van der Waals surface area contributed by atoms with Crippen LogP contribution in [0.3, 0.4) is 0 Å². The van der Waals surface area contributed by atoms with Crippen LogP contribution in [0.25, 0.3) is 0 Å². The van der Waals surface area contributed by atoms with Crippen LogP contribution in [0.2, 0.25) is 0 Å². The largest absolute Gasteiger partial charge is 0.322 e. The Balaban J connectivity index is 1.84. The maximum absolute atomic E-state index is 12.4. The van der Waals surface area contributed by atoms with Crippen LogP contribution in [-0.4, -0.2) is 5.91 Å². The van der Waals surface area contributed by atoms with Gasteiger partial charge in [0.05, 0.1) is 0 Å². The maximum Gasteiger partial charge on any atom is 0.255 e. The van der Waals surface area contributed by atoms with Crippen molar-refractivity contribution in [2.75, 3.05) is 5.32 Å². The number of nitrogens with one attached hydrogen (secondary N) is 1. The Labute approximate surface area is 127 Å². The first-order valence-corrected chi connectivity index (χ1v) is 7.63. The van der Waals surface area contributed by atoms with Crippen LogP contribution in [0.4, 0.5) is 5.69 Å². The summed E-state index contributed by atoms with van der Waals surface area (Å²) in [5.41, 5.74) is 5.34. The van der Waals surface area contributed by atoms with Gasteiger partial charge in [0.25, 0.3) is 5.91 Å². The number of benzene rings is 2. The van der Waals surface area contributed by atoms with Gasteiger partial charge in [0, 0.05) is 15.7 Å². The molecular formula is C17H16BrNO. The molecule has 3 heteroatoms. The molecule has 0 aromatic heterocycles. The summed E-state index contributed by atoms with van der Waals surface area (Å²) in [4.78, 5) is 12.4. The Hall–Kier alpha value is -1.61. The van der Waals surface area contributed by atoms with Crippen molar-refractivity contribution in [3.63, 3.8) is 0 Å². The minimum absolute atomic E-state index is 0.0539. The fraction of sp³-hybridized carbons (Fsp3) is 0.235. The van der Waals surface area contributed by atoms with Crippen molar-refractivity contribution in [1.29, 1.82) is 0 Å². The van der Waals surface area contributed by atoms with Gasteiger partial charge in [-0.2, -0.15) is 0 Å². The van der Waals surface area contributed by atoms with Gasteiger partial charge in [-0.15, -0.1) is 0 Å². The molecule has 2 aromatic rings. The lowest BCUT2D eigenvalue weighted by molar-refractivity contribution is 0.102. The van der Waals surface area contributed by atoms with E-state index in [4.69, 9.17) is 0 Å². The van der Waals surface area contributed by atoms with Gasteiger partial charge >= 0.3 is 0 Å². The third-order valence-electron chi connectivity index (χ3n) is 3.87. The minimum Gasteiger partial charge on any atom is -0.322 e. The van der Waals surface area contributed by atoms with Crippen molar-refractivity contribution in [2.24, 2.45) is 0 Å². The van der Waals surface area contributed by atoms with Crippen molar-refractivity contribution in [3.05, 3.63) is 63.1 Å². The van der Waals surface area contributed by atoms with Crippen molar-refractivity contribution in [3.8, 4) is 0 Å². The third kappa shape index (κ3) is 2.50. The lowest BCUT2D eigenvalue weighted by atomic mass is 10.1. The highest BCUT2D eigenvalue weighted by Gasteiger charge is 2.14. The third-order valence-corrected chi connectivity index (χ3v) is 4.73. The molecule has 2 nitrogen and oxygen atoms in total. The van der Waals surface area contributed by atoms with E-state index < -0.39 is 0 Å². The molecule has 0 spiro atoms. The molecule has 2 aromatic carbocycles. The highest BCUT2D eigenvalue weighted by molar-refractivity contribution is 9.10. The Bertz CT molecular complexity index is 679. The van der Waals surface area contributed by atoms with Crippen LogP contribution in [-0.2, 0) is 12.8 Å². The molecule has 0 atom stereocenters. The van der Waals surface area contributed by atoms with Crippen molar-refractivity contribution >= 4 is 27.5 Å². The molecule has 0 heterocycles. The summed E-state index contributed by atoms with van der Waals surface area (Å²) in [6.45, 7) is 1.95. The van der Waals surface area contributed by atoms with Crippen LogP contribution in [0, 0.1) is 6.92 Å². The average Bonchev–Trinajstić information content (AvgIpc) is 2.89. The highest BCUT2D eigenvalue weighted by atomic mass is 79.9. The molecule has 1 aliphatic carbocycles. The lowest BCUT2D eigenvalue weighted by Crippen LogP contribution is -2.13. The first-order valence-electron chi connectivity index (χ1n) is 6.83. The monoisotopic (exact) mass is 329 g/mol. The van der Waals surface area contributed by atoms with Crippen molar-refractivity contribution in [1.82, 2.24) is 0 Å². The fourth-order valence-corrected chi connectivity index (χ4v) is 3.07. The van der Waals surface area contributed by atoms with Gasteiger partial charge in [0.1, 0.15) is 0 Å². The van der Waals surface area contributed by atoms with E-state index in [9.17, 15) is 4.79 Å². The van der Waals surface area contributed by atoms with Crippen molar-refractivity contribution < 1.29 is 4.79 Å². The van der Waals surface area contributed by atoms with E-state index in [-0.39, 0.29) is 5.91 Å². The predicted molar refractivity (Wildman–Crippen MR) is 85.3 cm³/mol. The Kier molecular flexibility index (Phi) is 3.62. The normalized spacial score (nSPS) is 13.1. The smallest absolute Gasteiger partial charge is 0.255 e. The Morgan fingerprint density at radius 2 is 1.95 bits per heavy atom. The second-order valence-corrected chi connectivity index (χ2v) is 6.06. The molecule has 0 saturated heterocycles. The second kappa shape index (κ2) is 5.41. The van der Waals surface area contributed by atoms with Gasteiger partial charge in [-0.1, -0.05) is 28.1 Å². The molecular weight excluding hydrogens is 314 g/mol. The molecule has 0 unspecified atom stereocenters.